The molecule has 0 fully saturated rings. The fraction of sp³-hybridized carbons (Fsp3) is 0.357. The van der Waals surface area contributed by atoms with Crippen molar-refractivity contribution in [1.82, 2.24) is 5.32 Å². The second kappa shape index (κ2) is 6.23. The van der Waals surface area contributed by atoms with Crippen LogP contribution in [-0.2, 0) is 0 Å². The van der Waals surface area contributed by atoms with Crippen LogP contribution < -0.4 is 5.32 Å². The van der Waals surface area contributed by atoms with Crippen LogP contribution in [0.2, 0.25) is 0 Å². The van der Waals surface area contributed by atoms with Crippen molar-refractivity contribution in [1.29, 1.82) is 0 Å². The van der Waals surface area contributed by atoms with Gasteiger partial charge >= 0.3 is 0 Å². The van der Waals surface area contributed by atoms with Gasteiger partial charge in [0.25, 0.3) is 0 Å². The minimum absolute atomic E-state index is 0.0608. The highest BCUT2D eigenvalue weighted by atomic mass is 16.1. The molecule has 0 saturated heterocycles. The number of carbonyl (C=O) groups is 1. The average molecular weight is 217 g/mol. The number of nitrogens with one attached hydrogen (secondary N) is 1. The van der Waals surface area contributed by atoms with Gasteiger partial charge in [0, 0.05) is 18.0 Å². The Hall–Kier alpha value is -1.41. The Balaban J connectivity index is 2.71. The van der Waals surface area contributed by atoms with Gasteiger partial charge in [-0.25, -0.2) is 0 Å². The minimum atomic E-state index is 0.0608. The lowest BCUT2D eigenvalue weighted by atomic mass is 10.00. The van der Waals surface area contributed by atoms with E-state index < -0.39 is 0 Å². The predicted molar refractivity (Wildman–Crippen MR) is 68.6 cm³/mol. The Labute approximate surface area is 97.4 Å². The molecule has 16 heavy (non-hydrogen) atoms. The maximum atomic E-state index is 11.7. The molecule has 0 radical (unpaired) electrons. The van der Waals surface area contributed by atoms with Gasteiger partial charge in [-0.2, -0.15) is 0 Å². The molecule has 0 heterocycles. The van der Waals surface area contributed by atoms with Gasteiger partial charge in [-0.15, -0.1) is 0 Å². The van der Waals surface area contributed by atoms with E-state index in [0.717, 1.165) is 17.7 Å². The van der Waals surface area contributed by atoms with E-state index >= 15 is 0 Å². The number of rotatable bonds is 5. The van der Waals surface area contributed by atoms with Crippen LogP contribution in [0.4, 0.5) is 0 Å². The molecule has 0 atom stereocenters. The largest absolute Gasteiger partial charge is 0.316 e. The zero-order valence-corrected chi connectivity index (χ0v) is 10.2. The Morgan fingerprint density at radius 2 is 1.94 bits per heavy atom. The van der Waals surface area contributed by atoms with Crippen molar-refractivity contribution in [3.8, 4) is 0 Å². The summed E-state index contributed by atoms with van der Waals surface area (Å²) in [7, 11) is 1.91. The molecule has 1 aromatic carbocycles. The molecule has 0 spiro atoms. The highest BCUT2D eigenvalue weighted by Crippen LogP contribution is 2.10. The molecule has 1 rings (SSSR count). The summed E-state index contributed by atoms with van der Waals surface area (Å²) in [6, 6.07) is 7.73. The number of ketones is 1. The third-order valence-electron chi connectivity index (χ3n) is 2.35. The van der Waals surface area contributed by atoms with E-state index in [9.17, 15) is 4.79 Å². The van der Waals surface area contributed by atoms with Crippen molar-refractivity contribution in [2.24, 2.45) is 5.92 Å². The fourth-order valence-corrected chi connectivity index (χ4v) is 1.40. The molecule has 2 nitrogen and oxygen atoms in total. The molecular weight excluding hydrogens is 198 g/mol. The Kier molecular flexibility index (Phi) is 4.93. The Morgan fingerprint density at radius 1 is 1.31 bits per heavy atom. The summed E-state index contributed by atoms with van der Waals surface area (Å²) in [4.78, 5) is 11.7. The molecule has 0 aliphatic rings. The maximum Gasteiger partial charge on any atom is 0.165 e. The summed E-state index contributed by atoms with van der Waals surface area (Å²) in [6.07, 6.45) is 4.10. The Morgan fingerprint density at radius 3 is 2.44 bits per heavy atom. The quantitative estimate of drug-likeness (QED) is 0.768. The Bertz CT molecular complexity index is 363. The molecule has 0 unspecified atom stereocenters. The van der Waals surface area contributed by atoms with Gasteiger partial charge in [0.15, 0.2) is 5.78 Å². The van der Waals surface area contributed by atoms with Crippen molar-refractivity contribution < 1.29 is 4.79 Å². The van der Waals surface area contributed by atoms with Gasteiger partial charge in [-0.3, -0.25) is 4.79 Å². The first kappa shape index (κ1) is 12.7. The van der Waals surface area contributed by atoms with Gasteiger partial charge < -0.3 is 5.32 Å². The molecule has 0 aliphatic heterocycles. The normalized spacial score (nSPS) is 11.2. The number of hydrogen-bond acceptors (Lipinski definition) is 2. The molecule has 0 aliphatic carbocycles. The van der Waals surface area contributed by atoms with Crippen molar-refractivity contribution >= 4 is 11.9 Å². The summed E-state index contributed by atoms with van der Waals surface area (Å²) in [5.41, 5.74) is 1.91. The van der Waals surface area contributed by atoms with Gasteiger partial charge in [-0.1, -0.05) is 50.3 Å². The lowest BCUT2D eigenvalue weighted by molar-refractivity contribution is 0.0939. The van der Waals surface area contributed by atoms with Crippen molar-refractivity contribution in [3.63, 3.8) is 0 Å². The number of Topliss-reactive ketones (excluding diaryl/α,β-unsaturated/α-hetero) is 1. The first-order valence-corrected chi connectivity index (χ1v) is 5.60. The van der Waals surface area contributed by atoms with Crippen LogP contribution in [-0.4, -0.2) is 19.4 Å². The van der Waals surface area contributed by atoms with E-state index in [1.807, 2.05) is 51.2 Å². The molecule has 0 bridgehead atoms. The van der Waals surface area contributed by atoms with E-state index in [1.54, 1.807) is 0 Å². The van der Waals surface area contributed by atoms with Crippen LogP contribution in [0.25, 0.3) is 6.08 Å². The second-order valence-electron chi connectivity index (χ2n) is 4.10. The zero-order chi connectivity index (χ0) is 12.0. The lowest BCUT2D eigenvalue weighted by Gasteiger charge is -2.04. The summed E-state index contributed by atoms with van der Waals surface area (Å²) in [5.74, 6) is 0.261. The molecule has 1 N–H and O–H groups in total. The molecule has 0 amide bonds. The van der Waals surface area contributed by atoms with Crippen LogP contribution in [0.3, 0.4) is 0 Å². The van der Waals surface area contributed by atoms with Crippen molar-refractivity contribution in [3.05, 3.63) is 41.5 Å². The van der Waals surface area contributed by atoms with Crippen LogP contribution in [0.1, 0.15) is 29.8 Å². The average Bonchev–Trinajstić information content (AvgIpc) is 2.29. The third kappa shape index (κ3) is 3.63. The third-order valence-corrected chi connectivity index (χ3v) is 2.35. The first-order chi connectivity index (χ1) is 7.65. The summed E-state index contributed by atoms with van der Waals surface area (Å²) < 4.78 is 0. The SMILES string of the molecule is CNCC=Cc1ccc(C(=O)C(C)C)cc1. The van der Waals surface area contributed by atoms with Crippen LogP contribution in [0.15, 0.2) is 30.3 Å². The van der Waals surface area contributed by atoms with E-state index in [0.29, 0.717) is 0 Å². The maximum absolute atomic E-state index is 11.7. The van der Waals surface area contributed by atoms with Crippen molar-refractivity contribution in [2.45, 2.75) is 13.8 Å². The zero-order valence-electron chi connectivity index (χ0n) is 10.2. The summed E-state index contributed by atoms with van der Waals surface area (Å²) in [6.45, 7) is 4.69. The monoisotopic (exact) mass is 217 g/mol. The van der Waals surface area contributed by atoms with Gasteiger partial charge in [0.2, 0.25) is 0 Å². The van der Waals surface area contributed by atoms with E-state index in [1.165, 1.54) is 0 Å². The standard InChI is InChI=1S/C14H19NO/c1-11(2)14(16)13-8-6-12(7-9-13)5-4-10-15-3/h4-9,11,15H,10H2,1-3H3. The number of hydrogen-bond donors (Lipinski definition) is 1. The molecule has 0 aromatic heterocycles. The number of benzene rings is 1. The highest BCUT2D eigenvalue weighted by Gasteiger charge is 2.08. The van der Waals surface area contributed by atoms with Crippen LogP contribution in [0, 0.1) is 5.92 Å². The van der Waals surface area contributed by atoms with E-state index in [2.05, 4.69) is 11.4 Å². The van der Waals surface area contributed by atoms with Crippen LogP contribution in [0.5, 0.6) is 0 Å². The smallest absolute Gasteiger partial charge is 0.165 e. The predicted octanol–water partition coefficient (Wildman–Crippen LogP) is 2.76. The lowest BCUT2D eigenvalue weighted by Crippen LogP contribution is -2.06. The molecule has 0 saturated carbocycles. The van der Waals surface area contributed by atoms with E-state index in [-0.39, 0.29) is 11.7 Å². The highest BCUT2D eigenvalue weighted by molar-refractivity contribution is 5.97. The van der Waals surface area contributed by atoms with Gasteiger partial charge in [-0.05, 0) is 12.6 Å². The first-order valence-electron chi connectivity index (χ1n) is 5.60. The fourth-order valence-electron chi connectivity index (χ4n) is 1.40. The summed E-state index contributed by atoms with van der Waals surface area (Å²) >= 11 is 0. The topological polar surface area (TPSA) is 29.1 Å². The molecular formula is C14H19NO. The van der Waals surface area contributed by atoms with E-state index in [4.69, 9.17) is 0 Å². The molecule has 86 valence electrons. The number of likely N-dealkylation sites (N-methyl/N-ethyl adjacent to an activating group) is 1. The molecule has 2 heteroatoms. The summed E-state index contributed by atoms with van der Waals surface area (Å²) in [5, 5.41) is 3.04. The molecule has 1 aromatic rings. The van der Waals surface area contributed by atoms with Crippen molar-refractivity contribution in [2.75, 3.05) is 13.6 Å². The van der Waals surface area contributed by atoms with Crippen LogP contribution >= 0.6 is 0 Å². The van der Waals surface area contributed by atoms with Gasteiger partial charge in [0.05, 0.1) is 0 Å². The van der Waals surface area contributed by atoms with Gasteiger partial charge in [0.1, 0.15) is 0 Å². The minimum Gasteiger partial charge on any atom is -0.316 e. The number of carbonyl (C=O) groups excluding carboxylic acids is 1. The second-order valence-corrected chi connectivity index (χ2v) is 4.10.